The van der Waals surface area contributed by atoms with Crippen molar-refractivity contribution in [2.45, 2.75) is 47.1 Å². The quantitative estimate of drug-likeness (QED) is 0.835. The minimum atomic E-state index is 0.141. The van der Waals surface area contributed by atoms with E-state index in [1.807, 2.05) is 19.0 Å². The molecule has 0 aliphatic rings. The second kappa shape index (κ2) is 6.72. The van der Waals surface area contributed by atoms with Gasteiger partial charge in [-0.05, 0) is 18.8 Å². The molecule has 0 spiro atoms. The summed E-state index contributed by atoms with van der Waals surface area (Å²) in [5.74, 6) is 1.89. The van der Waals surface area contributed by atoms with E-state index in [-0.39, 0.29) is 11.5 Å². The Hall–Kier alpha value is -1.59. The van der Waals surface area contributed by atoms with Gasteiger partial charge in [-0.2, -0.15) is 15.0 Å². The average Bonchev–Trinajstić information content (AvgIpc) is 2.34. The van der Waals surface area contributed by atoms with E-state index in [2.05, 4.69) is 60.2 Å². The van der Waals surface area contributed by atoms with Gasteiger partial charge in [0.05, 0.1) is 0 Å². The van der Waals surface area contributed by atoms with E-state index in [9.17, 15) is 0 Å². The van der Waals surface area contributed by atoms with Gasteiger partial charge in [0.2, 0.25) is 17.8 Å². The van der Waals surface area contributed by atoms with Crippen LogP contribution in [0.25, 0.3) is 0 Å². The third-order valence-corrected chi connectivity index (χ3v) is 3.20. The Labute approximate surface area is 122 Å². The lowest BCUT2D eigenvalue weighted by Gasteiger charge is -2.28. The monoisotopic (exact) mass is 280 g/mol. The highest BCUT2D eigenvalue weighted by Crippen LogP contribution is 2.22. The zero-order valence-corrected chi connectivity index (χ0v) is 13.8. The molecule has 0 saturated carbocycles. The summed E-state index contributed by atoms with van der Waals surface area (Å²) in [4.78, 5) is 15.2. The Morgan fingerprint density at radius 2 is 1.70 bits per heavy atom. The van der Waals surface area contributed by atoms with Crippen molar-refractivity contribution >= 4 is 17.8 Å². The van der Waals surface area contributed by atoms with Crippen LogP contribution in [0.5, 0.6) is 0 Å². The lowest BCUT2D eigenvalue weighted by Crippen LogP contribution is -2.32. The third-order valence-electron chi connectivity index (χ3n) is 3.20. The highest BCUT2D eigenvalue weighted by molar-refractivity contribution is 5.43. The molecule has 1 heterocycles. The molecule has 20 heavy (non-hydrogen) atoms. The second-order valence-corrected chi connectivity index (χ2v) is 6.34. The Bertz CT molecular complexity index is 424. The molecule has 0 amide bonds. The van der Waals surface area contributed by atoms with Crippen LogP contribution in [0.3, 0.4) is 0 Å². The predicted molar refractivity (Wildman–Crippen MR) is 85.5 cm³/mol. The highest BCUT2D eigenvalue weighted by atomic mass is 15.3. The van der Waals surface area contributed by atoms with E-state index in [1.54, 1.807) is 0 Å². The van der Waals surface area contributed by atoms with Crippen LogP contribution in [-0.4, -0.2) is 41.6 Å². The first-order valence-electron chi connectivity index (χ1n) is 7.18. The Balaban J connectivity index is 2.96. The molecule has 0 aliphatic carbocycles. The van der Waals surface area contributed by atoms with E-state index in [0.717, 1.165) is 13.0 Å². The molecule has 1 rings (SSSR count). The maximum atomic E-state index is 4.45. The molecule has 1 aromatic rings. The highest BCUT2D eigenvalue weighted by Gasteiger charge is 2.21. The SMILES string of the molecule is CCCNc1nc(NC(C)C(C)(C)C)nc(N(C)C)n1. The summed E-state index contributed by atoms with van der Waals surface area (Å²) in [5, 5.41) is 6.58. The van der Waals surface area contributed by atoms with Crippen molar-refractivity contribution in [1.29, 1.82) is 0 Å². The van der Waals surface area contributed by atoms with E-state index in [0.29, 0.717) is 17.8 Å². The van der Waals surface area contributed by atoms with Gasteiger partial charge in [0.25, 0.3) is 0 Å². The van der Waals surface area contributed by atoms with Crippen LogP contribution in [0.1, 0.15) is 41.0 Å². The van der Waals surface area contributed by atoms with E-state index in [1.165, 1.54) is 0 Å². The largest absolute Gasteiger partial charge is 0.354 e. The molecule has 0 aliphatic heterocycles. The first kappa shape index (κ1) is 16.5. The molecule has 0 bridgehead atoms. The van der Waals surface area contributed by atoms with Crippen molar-refractivity contribution in [3.8, 4) is 0 Å². The topological polar surface area (TPSA) is 66.0 Å². The van der Waals surface area contributed by atoms with E-state index >= 15 is 0 Å². The van der Waals surface area contributed by atoms with Gasteiger partial charge in [-0.25, -0.2) is 0 Å². The third kappa shape index (κ3) is 4.83. The van der Waals surface area contributed by atoms with Gasteiger partial charge in [0.1, 0.15) is 0 Å². The summed E-state index contributed by atoms with van der Waals surface area (Å²) in [7, 11) is 3.85. The van der Waals surface area contributed by atoms with Crippen LogP contribution < -0.4 is 15.5 Å². The molecule has 0 aromatic carbocycles. The molecule has 1 aromatic heterocycles. The number of rotatable bonds is 6. The van der Waals surface area contributed by atoms with Crippen LogP contribution >= 0.6 is 0 Å². The number of hydrogen-bond acceptors (Lipinski definition) is 6. The van der Waals surface area contributed by atoms with Crippen LogP contribution in [0, 0.1) is 5.41 Å². The van der Waals surface area contributed by atoms with Gasteiger partial charge in [-0.1, -0.05) is 27.7 Å². The average molecular weight is 280 g/mol. The molecule has 114 valence electrons. The fourth-order valence-electron chi connectivity index (χ4n) is 1.36. The zero-order valence-electron chi connectivity index (χ0n) is 13.8. The van der Waals surface area contributed by atoms with Crippen molar-refractivity contribution in [1.82, 2.24) is 15.0 Å². The van der Waals surface area contributed by atoms with Gasteiger partial charge >= 0.3 is 0 Å². The van der Waals surface area contributed by atoms with Gasteiger partial charge in [0.15, 0.2) is 0 Å². The molecule has 1 atom stereocenters. The van der Waals surface area contributed by atoms with Gasteiger partial charge < -0.3 is 15.5 Å². The van der Waals surface area contributed by atoms with Gasteiger partial charge in [-0.3, -0.25) is 0 Å². The van der Waals surface area contributed by atoms with Crippen molar-refractivity contribution in [2.24, 2.45) is 5.41 Å². The molecule has 1 unspecified atom stereocenters. The Morgan fingerprint density at radius 3 is 2.20 bits per heavy atom. The maximum Gasteiger partial charge on any atom is 0.231 e. The molecule has 6 nitrogen and oxygen atoms in total. The molecular formula is C14H28N6. The summed E-state index contributed by atoms with van der Waals surface area (Å²) >= 11 is 0. The van der Waals surface area contributed by atoms with Crippen LogP contribution in [0.2, 0.25) is 0 Å². The number of nitrogens with one attached hydrogen (secondary N) is 2. The molecule has 0 saturated heterocycles. The standard InChI is InChI=1S/C14H28N6/c1-8-9-15-11-17-12(16-10(2)14(3,4)5)19-13(18-11)20(6)7/h10H,8-9H2,1-7H3,(H2,15,16,17,18,19). The molecule has 6 heteroatoms. The lowest BCUT2D eigenvalue weighted by atomic mass is 9.88. The van der Waals surface area contributed by atoms with Crippen LogP contribution in [-0.2, 0) is 0 Å². The second-order valence-electron chi connectivity index (χ2n) is 6.34. The smallest absolute Gasteiger partial charge is 0.231 e. The first-order valence-corrected chi connectivity index (χ1v) is 7.18. The molecule has 2 N–H and O–H groups in total. The molecular weight excluding hydrogens is 252 g/mol. The minimum absolute atomic E-state index is 0.141. The minimum Gasteiger partial charge on any atom is -0.354 e. The number of nitrogens with zero attached hydrogens (tertiary/aromatic N) is 4. The summed E-state index contributed by atoms with van der Waals surface area (Å²) in [6.45, 7) is 11.7. The van der Waals surface area contributed by atoms with Crippen molar-refractivity contribution in [2.75, 3.05) is 36.2 Å². The zero-order chi connectivity index (χ0) is 15.3. The van der Waals surface area contributed by atoms with Crippen molar-refractivity contribution in [3.05, 3.63) is 0 Å². The van der Waals surface area contributed by atoms with Crippen LogP contribution in [0.15, 0.2) is 0 Å². The fraction of sp³-hybridized carbons (Fsp3) is 0.786. The van der Waals surface area contributed by atoms with Gasteiger partial charge in [-0.15, -0.1) is 0 Å². The lowest BCUT2D eigenvalue weighted by molar-refractivity contribution is 0.358. The van der Waals surface area contributed by atoms with Crippen molar-refractivity contribution in [3.63, 3.8) is 0 Å². The molecule has 0 fully saturated rings. The van der Waals surface area contributed by atoms with Crippen molar-refractivity contribution < 1.29 is 0 Å². The van der Waals surface area contributed by atoms with E-state index in [4.69, 9.17) is 0 Å². The first-order chi connectivity index (χ1) is 9.24. The van der Waals surface area contributed by atoms with Crippen LogP contribution in [0.4, 0.5) is 17.8 Å². The fourth-order valence-corrected chi connectivity index (χ4v) is 1.36. The summed E-state index contributed by atoms with van der Waals surface area (Å²) < 4.78 is 0. The van der Waals surface area contributed by atoms with Gasteiger partial charge in [0, 0.05) is 26.7 Å². The number of anilines is 3. The maximum absolute atomic E-state index is 4.45. The van der Waals surface area contributed by atoms with E-state index < -0.39 is 0 Å². The Morgan fingerprint density at radius 1 is 1.10 bits per heavy atom. The number of hydrogen-bond donors (Lipinski definition) is 2. The Kier molecular flexibility index (Phi) is 5.53. The summed E-state index contributed by atoms with van der Waals surface area (Å²) in [5.41, 5.74) is 0.141. The molecule has 0 radical (unpaired) electrons. The number of aromatic nitrogens is 3. The summed E-state index contributed by atoms with van der Waals surface area (Å²) in [6, 6.07) is 0.263. The predicted octanol–water partition coefficient (Wildman–Crippen LogP) is 2.61. The normalized spacial score (nSPS) is 12.9. The summed E-state index contributed by atoms with van der Waals surface area (Å²) in [6.07, 6.45) is 1.03.